The predicted octanol–water partition coefficient (Wildman–Crippen LogP) is 2.48. The first-order valence-electron chi connectivity index (χ1n) is 6.67. The quantitative estimate of drug-likeness (QED) is 0.484. The first-order valence-corrected chi connectivity index (χ1v) is 6.67. The zero-order chi connectivity index (χ0) is 15.1. The van der Waals surface area contributed by atoms with Crippen LogP contribution in [0.1, 0.15) is 16.8 Å². The lowest BCUT2D eigenvalue weighted by atomic mass is 10.1. The molecule has 21 heavy (non-hydrogen) atoms. The van der Waals surface area contributed by atoms with E-state index in [4.69, 9.17) is 20.9 Å². The fourth-order valence-electron chi connectivity index (χ4n) is 1.78. The second kappa shape index (κ2) is 7.19. The number of carbonyl (C=O) groups excluding carboxylic acids is 1. The Balaban J connectivity index is 1.72. The molecular formula is C16H18N2O3. The molecule has 5 nitrogen and oxygen atoms in total. The van der Waals surface area contributed by atoms with Crippen molar-refractivity contribution < 1.29 is 14.3 Å². The van der Waals surface area contributed by atoms with Crippen molar-refractivity contribution >= 4 is 17.3 Å². The second-order valence-electron chi connectivity index (χ2n) is 4.50. The molecule has 2 aromatic rings. The van der Waals surface area contributed by atoms with E-state index in [9.17, 15) is 4.79 Å². The number of anilines is 2. The number of ether oxygens (including phenoxy) is 2. The molecule has 0 amide bonds. The fraction of sp³-hybridized carbons (Fsp3) is 0.188. The van der Waals surface area contributed by atoms with Crippen molar-refractivity contribution in [3.63, 3.8) is 0 Å². The fourth-order valence-corrected chi connectivity index (χ4v) is 1.78. The number of hydrogen-bond acceptors (Lipinski definition) is 5. The summed E-state index contributed by atoms with van der Waals surface area (Å²) in [7, 11) is 0. The summed E-state index contributed by atoms with van der Waals surface area (Å²) in [5.74, 6) is 0.346. The molecule has 5 heteroatoms. The van der Waals surface area contributed by atoms with E-state index in [-0.39, 0.29) is 6.61 Å². The van der Waals surface area contributed by atoms with Crippen molar-refractivity contribution in [2.75, 3.05) is 24.7 Å². The highest BCUT2D eigenvalue weighted by Crippen LogP contribution is 2.16. The number of nitrogen functional groups attached to an aromatic ring is 2. The number of benzene rings is 2. The minimum absolute atomic E-state index is 0.273. The molecule has 0 saturated carbocycles. The van der Waals surface area contributed by atoms with Crippen LogP contribution in [0, 0.1) is 0 Å². The highest BCUT2D eigenvalue weighted by molar-refractivity contribution is 5.95. The lowest BCUT2D eigenvalue weighted by molar-refractivity contribution is 0.0487. The van der Waals surface area contributed by atoms with Gasteiger partial charge in [0.15, 0.2) is 0 Å². The van der Waals surface area contributed by atoms with Crippen molar-refractivity contribution in [2.45, 2.75) is 6.42 Å². The van der Waals surface area contributed by atoms with Gasteiger partial charge >= 0.3 is 5.97 Å². The molecule has 0 radical (unpaired) electrons. The van der Waals surface area contributed by atoms with Crippen LogP contribution in [0.3, 0.4) is 0 Å². The molecule has 0 fully saturated rings. The van der Waals surface area contributed by atoms with Gasteiger partial charge in [-0.25, -0.2) is 4.79 Å². The maximum absolute atomic E-state index is 11.8. The molecule has 0 aliphatic rings. The van der Waals surface area contributed by atoms with Crippen LogP contribution in [-0.2, 0) is 4.74 Å². The summed E-state index contributed by atoms with van der Waals surface area (Å²) >= 11 is 0. The molecule has 4 N–H and O–H groups in total. The summed E-state index contributed by atoms with van der Waals surface area (Å²) in [4.78, 5) is 11.8. The highest BCUT2D eigenvalue weighted by Gasteiger charge is 2.10. The van der Waals surface area contributed by atoms with Gasteiger partial charge in [-0.1, -0.05) is 18.2 Å². The van der Waals surface area contributed by atoms with Crippen molar-refractivity contribution in [1.29, 1.82) is 0 Å². The van der Waals surface area contributed by atoms with Gasteiger partial charge in [-0.3, -0.25) is 0 Å². The molecule has 0 atom stereocenters. The number of carbonyl (C=O) groups is 1. The second-order valence-corrected chi connectivity index (χ2v) is 4.50. The van der Waals surface area contributed by atoms with Gasteiger partial charge in [0.05, 0.1) is 18.8 Å². The zero-order valence-corrected chi connectivity index (χ0v) is 11.6. The van der Waals surface area contributed by atoms with E-state index in [1.165, 1.54) is 6.07 Å². The van der Waals surface area contributed by atoms with Crippen molar-refractivity contribution in [2.24, 2.45) is 0 Å². The van der Waals surface area contributed by atoms with Crippen LogP contribution in [0.15, 0.2) is 48.5 Å². The van der Waals surface area contributed by atoms with Gasteiger partial charge in [-0.2, -0.15) is 0 Å². The zero-order valence-electron chi connectivity index (χ0n) is 11.6. The molecule has 0 bridgehead atoms. The molecule has 2 rings (SSSR count). The molecular weight excluding hydrogens is 268 g/mol. The Morgan fingerprint density at radius 1 is 1.00 bits per heavy atom. The third-order valence-corrected chi connectivity index (χ3v) is 2.83. The van der Waals surface area contributed by atoms with E-state index in [1.54, 1.807) is 12.1 Å². The molecule has 0 aromatic heterocycles. The van der Waals surface area contributed by atoms with E-state index in [0.29, 0.717) is 30.0 Å². The van der Waals surface area contributed by atoms with Crippen molar-refractivity contribution in [3.8, 4) is 5.75 Å². The third kappa shape index (κ3) is 4.42. The van der Waals surface area contributed by atoms with Gasteiger partial charge in [0.2, 0.25) is 0 Å². The standard InChI is InChI=1S/C16H18N2O3/c17-12-7-8-14(15(18)11-12)16(19)21-10-4-9-20-13-5-2-1-3-6-13/h1-3,5-8,11H,4,9-10,17-18H2. The Labute approximate surface area is 123 Å². The van der Waals surface area contributed by atoms with Crippen molar-refractivity contribution in [1.82, 2.24) is 0 Å². The number of nitrogens with two attached hydrogens (primary N) is 2. The predicted molar refractivity (Wildman–Crippen MR) is 82.1 cm³/mol. The van der Waals surface area contributed by atoms with Crippen LogP contribution in [0.4, 0.5) is 11.4 Å². The Hall–Kier alpha value is -2.69. The SMILES string of the molecule is Nc1ccc(C(=O)OCCCOc2ccccc2)c(N)c1. The molecule has 110 valence electrons. The first-order chi connectivity index (χ1) is 10.2. The molecule has 0 aliphatic carbocycles. The average molecular weight is 286 g/mol. The van der Waals surface area contributed by atoms with Crippen LogP contribution < -0.4 is 16.2 Å². The summed E-state index contributed by atoms with van der Waals surface area (Å²) in [6.07, 6.45) is 0.607. The largest absolute Gasteiger partial charge is 0.493 e. The molecule has 0 unspecified atom stereocenters. The average Bonchev–Trinajstić information content (AvgIpc) is 2.47. The smallest absolute Gasteiger partial charge is 0.340 e. The number of rotatable bonds is 6. The monoisotopic (exact) mass is 286 g/mol. The summed E-state index contributed by atoms with van der Waals surface area (Å²) in [6.45, 7) is 0.754. The van der Waals surface area contributed by atoms with Crippen LogP contribution in [0.25, 0.3) is 0 Å². The normalized spacial score (nSPS) is 10.1. The minimum atomic E-state index is -0.452. The van der Waals surface area contributed by atoms with Crippen LogP contribution in [0.5, 0.6) is 5.75 Å². The topological polar surface area (TPSA) is 87.6 Å². The summed E-state index contributed by atoms with van der Waals surface area (Å²) in [6, 6.07) is 14.2. The maximum Gasteiger partial charge on any atom is 0.340 e. The van der Waals surface area contributed by atoms with Gasteiger partial charge in [0.1, 0.15) is 5.75 Å². The Morgan fingerprint density at radius 3 is 2.48 bits per heavy atom. The van der Waals surface area contributed by atoms with Gasteiger partial charge in [0, 0.05) is 17.8 Å². The summed E-state index contributed by atoms with van der Waals surface area (Å²) in [5.41, 5.74) is 12.5. The van der Waals surface area contributed by atoms with Crippen LogP contribution in [-0.4, -0.2) is 19.2 Å². The highest BCUT2D eigenvalue weighted by atomic mass is 16.5. The summed E-state index contributed by atoms with van der Waals surface area (Å²) in [5, 5.41) is 0. The van der Waals surface area contributed by atoms with Gasteiger partial charge in [0.25, 0.3) is 0 Å². The number of esters is 1. The maximum atomic E-state index is 11.8. The van der Waals surface area contributed by atoms with E-state index in [1.807, 2.05) is 30.3 Å². The van der Waals surface area contributed by atoms with E-state index in [0.717, 1.165) is 5.75 Å². The Morgan fingerprint density at radius 2 is 1.76 bits per heavy atom. The Kier molecular flexibility index (Phi) is 5.04. The van der Waals surface area contributed by atoms with Gasteiger partial charge in [-0.05, 0) is 30.3 Å². The van der Waals surface area contributed by atoms with E-state index in [2.05, 4.69) is 0 Å². The van der Waals surface area contributed by atoms with Crippen LogP contribution >= 0.6 is 0 Å². The molecule has 0 saturated heterocycles. The van der Waals surface area contributed by atoms with E-state index >= 15 is 0 Å². The van der Waals surface area contributed by atoms with Crippen LogP contribution in [0.2, 0.25) is 0 Å². The molecule has 0 spiro atoms. The van der Waals surface area contributed by atoms with E-state index < -0.39 is 5.97 Å². The number of hydrogen-bond donors (Lipinski definition) is 2. The summed E-state index contributed by atoms with van der Waals surface area (Å²) < 4.78 is 10.6. The van der Waals surface area contributed by atoms with Gasteiger partial charge < -0.3 is 20.9 Å². The van der Waals surface area contributed by atoms with Crippen molar-refractivity contribution in [3.05, 3.63) is 54.1 Å². The Bertz CT molecular complexity index is 600. The third-order valence-electron chi connectivity index (χ3n) is 2.83. The molecule has 0 aliphatic heterocycles. The lowest BCUT2D eigenvalue weighted by Crippen LogP contribution is -2.11. The molecule has 2 aromatic carbocycles. The number of para-hydroxylation sites is 1. The molecule has 0 heterocycles. The lowest BCUT2D eigenvalue weighted by Gasteiger charge is -2.08. The van der Waals surface area contributed by atoms with Gasteiger partial charge in [-0.15, -0.1) is 0 Å². The minimum Gasteiger partial charge on any atom is -0.493 e. The first kappa shape index (κ1) is 14.7.